The van der Waals surface area contributed by atoms with E-state index in [9.17, 15) is 9.90 Å². The summed E-state index contributed by atoms with van der Waals surface area (Å²) in [4.78, 5) is 12.6. The van der Waals surface area contributed by atoms with Crippen molar-refractivity contribution in [2.45, 2.75) is 32.3 Å². The van der Waals surface area contributed by atoms with Gasteiger partial charge in [-0.3, -0.25) is 4.79 Å². The molecule has 1 rings (SSSR count). The Hall–Kier alpha value is -0.190. The van der Waals surface area contributed by atoms with Gasteiger partial charge >= 0.3 is 0 Å². The third-order valence-corrected chi connectivity index (χ3v) is 3.94. The summed E-state index contributed by atoms with van der Waals surface area (Å²) in [6.07, 6.45) is 0.773. The van der Waals surface area contributed by atoms with E-state index in [1.165, 1.54) is 11.3 Å². The summed E-state index contributed by atoms with van der Waals surface area (Å²) < 4.78 is 0.987. The van der Waals surface area contributed by atoms with Crippen molar-refractivity contribution in [3.8, 4) is 0 Å². The minimum Gasteiger partial charge on any atom is -0.382 e. The molecule has 0 aromatic carbocycles. The van der Waals surface area contributed by atoms with E-state index in [-0.39, 0.29) is 5.78 Å². The fourth-order valence-corrected chi connectivity index (χ4v) is 2.44. The standard InChI is InChI=1S/C10H13BrO2S/c1-3-10(2,13)9(12)5-8-4-7(11)6-14-8/h4,6,13H,3,5H2,1-2H3. The molecule has 2 nitrogen and oxygen atoms in total. The van der Waals surface area contributed by atoms with Gasteiger partial charge in [0.1, 0.15) is 5.60 Å². The first kappa shape index (κ1) is 11.9. The van der Waals surface area contributed by atoms with Crippen LogP contribution in [0.4, 0.5) is 0 Å². The van der Waals surface area contributed by atoms with E-state index in [2.05, 4.69) is 15.9 Å². The molecule has 1 heterocycles. The van der Waals surface area contributed by atoms with Crippen LogP contribution in [-0.4, -0.2) is 16.5 Å². The lowest BCUT2D eigenvalue weighted by Crippen LogP contribution is -2.35. The molecule has 0 bridgehead atoms. The number of hydrogen-bond acceptors (Lipinski definition) is 3. The quantitative estimate of drug-likeness (QED) is 0.918. The Morgan fingerprint density at radius 1 is 1.71 bits per heavy atom. The van der Waals surface area contributed by atoms with Crippen molar-refractivity contribution in [3.05, 3.63) is 20.8 Å². The molecule has 0 aliphatic heterocycles. The zero-order valence-corrected chi connectivity index (χ0v) is 10.6. The molecule has 4 heteroatoms. The van der Waals surface area contributed by atoms with Crippen molar-refractivity contribution in [1.29, 1.82) is 0 Å². The number of thiophene rings is 1. The summed E-state index contributed by atoms with van der Waals surface area (Å²) in [6.45, 7) is 3.38. The fourth-order valence-electron chi connectivity index (χ4n) is 0.992. The topological polar surface area (TPSA) is 37.3 Å². The minimum atomic E-state index is -1.18. The molecular formula is C10H13BrO2S. The highest BCUT2D eigenvalue weighted by atomic mass is 79.9. The van der Waals surface area contributed by atoms with Crippen molar-refractivity contribution in [3.63, 3.8) is 0 Å². The Balaban J connectivity index is 2.66. The second-order valence-corrected chi connectivity index (χ2v) is 5.37. The molecule has 1 N–H and O–H groups in total. The lowest BCUT2D eigenvalue weighted by molar-refractivity contribution is -0.135. The van der Waals surface area contributed by atoms with Crippen LogP contribution in [0.25, 0.3) is 0 Å². The van der Waals surface area contributed by atoms with Crippen molar-refractivity contribution < 1.29 is 9.90 Å². The zero-order chi connectivity index (χ0) is 10.8. The summed E-state index contributed by atoms with van der Waals surface area (Å²) in [5.41, 5.74) is -1.18. The Kier molecular flexibility index (Phi) is 3.86. The number of aliphatic hydroxyl groups is 1. The maximum Gasteiger partial charge on any atom is 0.169 e. The SMILES string of the molecule is CCC(C)(O)C(=O)Cc1cc(Br)cs1. The van der Waals surface area contributed by atoms with Crippen LogP contribution in [0.1, 0.15) is 25.1 Å². The summed E-state index contributed by atoms with van der Waals surface area (Å²) in [5, 5.41) is 11.6. The van der Waals surface area contributed by atoms with E-state index < -0.39 is 5.60 Å². The molecule has 0 saturated carbocycles. The molecule has 1 aromatic rings. The van der Waals surface area contributed by atoms with E-state index in [4.69, 9.17) is 0 Å². The van der Waals surface area contributed by atoms with Crippen molar-refractivity contribution in [1.82, 2.24) is 0 Å². The average molecular weight is 277 g/mol. The van der Waals surface area contributed by atoms with Gasteiger partial charge in [0, 0.05) is 21.2 Å². The summed E-state index contributed by atoms with van der Waals surface area (Å²) in [5.74, 6) is -0.116. The Morgan fingerprint density at radius 2 is 2.36 bits per heavy atom. The monoisotopic (exact) mass is 276 g/mol. The van der Waals surface area contributed by atoms with Gasteiger partial charge in [0.2, 0.25) is 0 Å². The molecule has 1 atom stereocenters. The highest BCUT2D eigenvalue weighted by Gasteiger charge is 2.27. The number of carbonyl (C=O) groups excluding carboxylic acids is 1. The summed E-state index contributed by atoms with van der Waals surface area (Å²) in [6, 6.07) is 1.91. The van der Waals surface area contributed by atoms with Crippen molar-refractivity contribution >= 4 is 33.0 Å². The molecule has 1 aromatic heterocycles. The van der Waals surface area contributed by atoms with Crippen LogP contribution in [0, 0.1) is 0 Å². The predicted molar refractivity (Wildman–Crippen MR) is 61.6 cm³/mol. The van der Waals surface area contributed by atoms with Crippen LogP contribution < -0.4 is 0 Å². The van der Waals surface area contributed by atoms with Crippen LogP contribution in [0.3, 0.4) is 0 Å². The molecule has 14 heavy (non-hydrogen) atoms. The molecule has 0 aliphatic rings. The number of ketones is 1. The fraction of sp³-hybridized carbons (Fsp3) is 0.500. The average Bonchev–Trinajstić information content (AvgIpc) is 2.51. The second-order valence-electron chi connectivity index (χ2n) is 3.46. The van der Waals surface area contributed by atoms with Crippen LogP contribution >= 0.6 is 27.3 Å². The molecule has 78 valence electrons. The van der Waals surface area contributed by atoms with Crippen LogP contribution in [0.5, 0.6) is 0 Å². The minimum absolute atomic E-state index is 0.116. The van der Waals surface area contributed by atoms with Crippen LogP contribution in [0.2, 0.25) is 0 Å². The number of carbonyl (C=O) groups is 1. The molecule has 1 unspecified atom stereocenters. The highest BCUT2D eigenvalue weighted by molar-refractivity contribution is 9.10. The molecular weight excluding hydrogens is 264 g/mol. The second kappa shape index (κ2) is 4.55. The molecule has 0 fully saturated rings. The van der Waals surface area contributed by atoms with Crippen molar-refractivity contribution in [2.24, 2.45) is 0 Å². The lowest BCUT2D eigenvalue weighted by Gasteiger charge is -2.18. The molecule has 0 radical (unpaired) electrons. The molecule has 0 spiro atoms. The van der Waals surface area contributed by atoms with Crippen molar-refractivity contribution in [2.75, 3.05) is 0 Å². The zero-order valence-electron chi connectivity index (χ0n) is 8.21. The van der Waals surface area contributed by atoms with Gasteiger partial charge in [-0.2, -0.15) is 0 Å². The number of hydrogen-bond donors (Lipinski definition) is 1. The summed E-state index contributed by atoms with van der Waals surface area (Å²) in [7, 11) is 0. The first-order chi connectivity index (χ1) is 6.45. The first-order valence-electron chi connectivity index (χ1n) is 4.44. The Morgan fingerprint density at radius 3 is 2.79 bits per heavy atom. The highest BCUT2D eigenvalue weighted by Crippen LogP contribution is 2.22. The Labute approximate surface area is 96.1 Å². The van der Waals surface area contributed by atoms with E-state index in [0.717, 1.165) is 9.35 Å². The Bertz CT molecular complexity index is 331. The van der Waals surface area contributed by atoms with Gasteiger partial charge in [-0.15, -0.1) is 11.3 Å². The normalized spacial score (nSPS) is 15.1. The van der Waals surface area contributed by atoms with Gasteiger partial charge in [0.05, 0.1) is 0 Å². The van der Waals surface area contributed by atoms with E-state index in [1.807, 2.05) is 18.4 Å². The smallest absolute Gasteiger partial charge is 0.169 e. The first-order valence-corrected chi connectivity index (χ1v) is 6.11. The number of rotatable bonds is 4. The third kappa shape index (κ3) is 2.90. The summed E-state index contributed by atoms with van der Waals surface area (Å²) >= 11 is 4.85. The third-order valence-electron chi connectivity index (χ3n) is 2.25. The van der Waals surface area contributed by atoms with Gasteiger partial charge in [0.25, 0.3) is 0 Å². The van der Waals surface area contributed by atoms with Crippen LogP contribution in [-0.2, 0) is 11.2 Å². The van der Waals surface area contributed by atoms with Crippen LogP contribution in [0.15, 0.2) is 15.9 Å². The number of halogens is 1. The van der Waals surface area contributed by atoms with Gasteiger partial charge in [0.15, 0.2) is 5.78 Å². The number of Topliss-reactive ketones (excluding diaryl/α,β-unsaturated/α-hetero) is 1. The van der Waals surface area contributed by atoms with E-state index >= 15 is 0 Å². The van der Waals surface area contributed by atoms with Gasteiger partial charge in [-0.25, -0.2) is 0 Å². The van der Waals surface area contributed by atoms with E-state index in [0.29, 0.717) is 12.8 Å². The van der Waals surface area contributed by atoms with Gasteiger partial charge < -0.3 is 5.11 Å². The van der Waals surface area contributed by atoms with Gasteiger partial charge in [-0.05, 0) is 35.3 Å². The van der Waals surface area contributed by atoms with E-state index in [1.54, 1.807) is 6.92 Å². The maximum atomic E-state index is 11.6. The lowest BCUT2D eigenvalue weighted by atomic mass is 9.95. The molecule has 0 saturated heterocycles. The maximum absolute atomic E-state index is 11.6. The largest absolute Gasteiger partial charge is 0.382 e. The predicted octanol–water partition coefficient (Wildman–Crippen LogP) is 2.78. The van der Waals surface area contributed by atoms with Gasteiger partial charge in [-0.1, -0.05) is 6.92 Å². The molecule has 0 amide bonds. The molecule has 0 aliphatic carbocycles.